The van der Waals surface area contributed by atoms with Crippen molar-refractivity contribution in [2.45, 2.75) is 45.6 Å². The Hall–Kier alpha value is -3.09. The molecule has 2 atom stereocenters. The minimum absolute atomic E-state index is 0.118. The van der Waals surface area contributed by atoms with Gasteiger partial charge in [0.15, 0.2) is 11.2 Å². The van der Waals surface area contributed by atoms with Gasteiger partial charge < -0.3 is 4.57 Å². The number of nitrogens with zero attached hydrogens (tertiary/aromatic N) is 5. The molecule has 5 rings (SSSR count). The molecular weight excluding hydrogens is 369 g/mol. The van der Waals surface area contributed by atoms with E-state index in [4.69, 9.17) is 0 Å². The van der Waals surface area contributed by atoms with Crippen molar-refractivity contribution in [1.82, 2.24) is 24.4 Å². The summed E-state index contributed by atoms with van der Waals surface area (Å²) in [6, 6.07) is 8.34. The van der Waals surface area contributed by atoms with E-state index in [-0.39, 0.29) is 17.4 Å². The van der Waals surface area contributed by atoms with Gasteiger partial charge in [0.1, 0.15) is 11.3 Å². The van der Waals surface area contributed by atoms with Crippen LogP contribution in [0.5, 0.6) is 0 Å². The highest BCUT2D eigenvalue weighted by Gasteiger charge is 2.25. The molecule has 0 bridgehead atoms. The SMILES string of the molecule is Cc1nn2c(nnc3c(=O)n([C@@H]4CCCC[C@H]4C)ccc32)c1-c1ccc(F)cc1. The van der Waals surface area contributed by atoms with E-state index in [1.807, 2.05) is 23.8 Å². The molecule has 0 unspecified atom stereocenters. The standard InChI is InChI=1S/C22H22FN5O/c1-13-5-3-4-6-17(13)27-12-11-18-20(22(27)29)24-25-21-19(14(2)26-28(18)21)15-7-9-16(23)10-8-15/h7-13,17H,3-6H2,1-2H3/t13-,17-/m1/s1. The van der Waals surface area contributed by atoms with Crippen LogP contribution in [0.2, 0.25) is 0 Å². The summed E-state index contributed by atoms with van der Waals surface area (Å²) in [5.41, 5.74) is 3.77. The molecule has 0 aliphatic heterocycles. The van der Waals surface area contributed by atoms with Crippen LogP contribution in [0.25, 0.3) is 27.8 Å². The van der Waals surface area contributed by atoms with Gasteiger partial charge in [0.25, 0.3) is 5.56 Å². The van der Waals surface area contributed by atoms with Gasteiger partial charge in [0.2, 0.25) is 0 Å². The molecule has 1 aromatic carbocycles. The normalized spacial score (nSPS) is 19.8. The third-order valence-electron chi connectivity index (χ3n) is 6.14. The van der Waals surface area contributed by atoms with Crippen molar-refractivity contribution in [2.75, 3.05) is 0 Å². The third-order valence-corrected chi connectivity index (χ3v) is 6.14. The van der Waals surface area contributed by atoms with E-state index in [0.717, 1.165) is 36.1 Å². The highest BCUT2D eigenvalue weighted by molar-refractivity contribution is 5.84. The lowest BCUT2D eigenvalue weighted by molar-refractivity contribution is 0.253. The molecule has 0 radical (unpaired) electrons. The van der Waals surface area contributed by atoms with Crippen LogP contribution < -0.4 is 5.56 Å². The first-order valence-corrected chi connectivity index (χ1v) is 10.1. The number of benzene rings is 1. The maximum Gasteiger partial charge on any atom is 0.280 e. The largest absolute Gasteiger partial charge is 0.310 e. The minimum atomic E-state index is -0.295. The Morgan fingerprint density at radius 1 is 1.07 bits per heavy atom. The van der Waals surface area contributed by atoms with Gasteiger partial charge in [-0.05, 0) is 49.4 Å². The summed E-state index contributed by atoms with van der Waals surface area (Å²) in [5, 5.41) is 13.2. The molecule has 148 valence electrons. The van der Waals surface area contributed by atoms with E-state index >= 15 is 0 Å². The average Bonchev–Trinajstić information content (AvgIpc) is 3.06. The fourth-order valence-corrected chi connectivity index (χ4v) is 4.59. The predicted molar refractivity (Wildman–Crippen MR) is 109 cm³/mol. The van der Waals surface area contributed by atoms with Crippen molar-refractivity contribution in [3.63, 3.8) is 0 Å². The number of fused-ring (bicyclic) bond motifs is 3. The summed E-state index contributed by atoms with van der Waals surface area (Å²) in [6.45, 7) is 4.09. The van der Waals surface area contributed by atoms with E-state index in [9.17, 15) is 9.18 Å². The third kappa shape index (κ3) is 2.84. The zero-order valence-corrected chi connectivity index (χ0v) is 16.5. The number of aryl methyl sites for hydroxylation is 1. The molecule has 1 fully saturated rings. The second-order valence-electron chi connectivity index (χ2n) is 7.99. The first kappa shape index (κ1) is 18.0. The molecule has 1 aliphatic carbocycles. The first-order chi connectivity index (χ1) is 14.0. The molecular formula is C22H22FN5O. The van der Waals surface area contributed by atoms with Gasteiger partial charge in [0.05, 0.1) is 11.3 Å². The van der Waals surface area contributed by atoms with Crippen molar-refractivity contribution < 1.29 is 4.39 Å². The Kier molecular flexibility index (Phi) is 4.19. The molecule has 1 aliphatic rings. The summed E-state index contributed by atoms with van der Waals surface area (Å²) in [6.07, 6.45) is 6.38. The number of rotatable bonds is 2. The zero-order chi connectivity index (χ0) is 20.1. The molecule has 3 heterocycles. The fraction of sp³-hybridized carbons (Fsp3) is 0.364. The second kappa shape index (κ2) is 6.76. The smallest absolute Gasteiger partial charge is 0.280 e. The molecule has 1 saturated carbocycles. The lowest BCUT2D eigenvalue weighted by Crippen LogP contribution is -2.31. The Morgan fingerprint density at radius 2 is 1.83 bits per heavy atom. The summed E-state index contributed by atoms with van der Waals surface area (Å²) in [7, 11) is 0. The van der Waals surface area contributed by atoms with Gasteiger partial charge in [-0.25, -0.2) is 8.91 Å². The van der Waals surface area contributed by atoms with E-state index in [0.29, 0.717) is 22.6 Å². The van der Waals surface area contributed by atoms with E-state index in [1.165, 1.54) is 18.6 Å². The van der Waals surface area contributed by atoms with E-state index in [1.54, 1.807) is 16.6 Å². The summed E-state index contributed by atoms with van der Waals surface area (Å²) in [4.78, 5) is 13.2. The average molecular weight is 391 g/mol. The Bertz CT molecular complexity index is 1270. The van der Waals surface area contributed by atoms with Gasteiger partial charge >= 0.3 is 0 Å². The van der Waals surface area contributed by atoms with Gasteiger partial charge in [0, 0.05) is 12.2 Å². The van der Waals surface area contributed by atoms with Crippen LogP contribution >= 0.6 is 0 Å². The molecule has 0 spiro atoms. The van der Waals surface area contributed by atoms with E-state index in [2.05, 4.69) is 22.2 Å². The topological polar surface area (TPSA) is 65.1 Å². The van der Waals surface area contributed by atoms with Crippen LogP contribution in [0.1, 0.15) is 44.3 Å². The summed E-state index contributed by atoms with van der Waals surface area (Å²) < 4.78 is 16.8. The molecule has 4 aromatic rings. The minimum Gasteiger partial charge on any atom is -0.310 e. The molecule has 0 N–H and O–H groups in total. The highest BCUT2D eigenvalue weighted by Crippen LogP contribution is 2.33. The van der Waals surface area contributed by atoms with Crippen molar-refractivity contribution >= 4 is 16.7 Å². The van der Waals surface area contributed by atoms with Crippen LogP contribution in [0.4, 0.5) is 4.39 Å². The lowest BCUT2D eigenvalue weighted by atomic mass is 9.85. The van der Waals surface area contributed by atoms with Gasteiger partial charge in [-0.3, -0.25) is 4.79 Å². The Balaban J connectivity index is 1.70. The summed E-state index contributed by atoms with van der Waals surface area (Å²) >= 11 is 0. The second-order valence-corrected chi connectivity index (χ2v) is 7.99. The summed E-state index contributed by atoms with van der Waals surface area (Å²) in [5.74, 6) is 0.171. The van der Waals surface area contributed by atoms with Crippen molar-refractivity contribution in [2.24, 2.45) is 5.92 Å². The molecule has 29 heavy (non-hydrogen) atoms. The maximum atomic E-state index is 13.3. The number of aromatic nitrogens is 5. The van der Waals surface area contributed by atoms with E-state index < -0.39 is 0 Å². The van der Waals surface area contributed by atoms with Gasteiger partial charge in [-0.2, -0.15) is 5.10 Å². The maximum absolute atomic E-state index is 13.3. The van der Waals surface area contributed by atoms with Crippen LogP contribution in [-0.4, -0.2) is 24.4 Å². The zero-order valence-electron chi connectivity index (χ0n) is 16.5. The first-order valence-electron chi connectivity index (χ1n) is 10.1. The molecule has 0 amide bonds. The molecule has 6 nitrogen and oxygen atoms in total. The molecule has 0 saturated heterocycles. The van der Waals surface area contributed by atoms with Crippen LogP contribution in [0.15, 0.2) is 41.3 Å². The quantitative estimate of drug-likeness (QED) is 0.511. The fourth-order valence-electron chi connectivity index (χ4n) is 4.59. The predicted octanol–water partition coefficient (Wildman–Crippen LogP) is 4.30. The van der Waals surface area contributed by atoms with Crippen LogP contribution in [0.3, 0.4) is 0 Å². The number of pyridine rings is 1. The van der Waals surface area contributed by atoms with Gasteiger partial charge in [-0.1, -0.05) is 31.9 Å². The number of hydrogen-bond donors (Lipinski definition) is 0. The Labute approximate surface area is 167 Å². The van der Waals surface area contributed by atoms with Crippen molar-refractivity contribution in [3.8, 4) is 11.1 Å². The lowest BCUT2D eigenvalue weighted by Gasteiger charge is -2.30. The molecule has 3 aromatic heterocycles. The van der Waals surface area contributed by atoms with Crippen molar-refractivity contribution in [1.29, 1.82) is 0 Å². The monoisotopic (exact) mass is 391 g/mol. The highest BCUT2D eigenvalue weighted by atomic mass is 19.1. The van der Waals surface area contributed by atoms with Crippen LogP contribution in [0, 0.1) is 18.7 Å². The Morgan fingerprint density at radius 3 is 2.59 bits per heavy atom. The number of hydrogen-bond acceptors (Lipinski definition) is 4. The number of halogens is 1. The van der Waals surface area contributed by atoms with Crippen molar-refractivity contribution in [3.05, 3.63) is 58.4 Å². The van der Waals surface area contributed by atoms with Crippen LogP contribution in [-0.2, 0) is 0 Å². The molecule has 7 heteroatoms. The van der Waals surface area contributed by atoms with Gasteiger partial charge in [-0.15, -0.1) is 10.2 Å².